The van der Waals surface area contributed by atoms with Gasteiger partial charge in [0.1, 0.15) is 5.82 Å². The average Bonchev–Trinajstić information content (AvgIpc) is 2.74. The van der Waals surface area contributed by atoms with Gasteiger partial charge in [0, 0.05) is 24.8 Å². The number of nitrogens with zero attached hydrogens (tertiary/aromatic N) is 2. The molecule has 1 aromatic heterocycles. The topological polar surface area (TPSA) is 60.9 Å². The van der Waals surface area contributed by atoms with Gasteiger partial charge in [-0.15, -0.1) is 0 Å². The highest BCUT2D eigenvalue weighted by Gasteiger charge is 2.41. The number of pyridine rings is 1. The van der Waals surface area contributed by atoms with Crippen molar-refractivity contribution in [2.24, 2.45) is 0 Å². The van der Waals surface area contributed by atoms with Gasteiger partial charge in [0.2, 0.25) is 0 Å². The lowest BCUT2D eigenvalue weighted by molar-refractivity contribution is -0.0768. The first kappa shape index (κ1) is 18.7. The van der Waals surface area contributed by atoms with E-state index in [1.807, 2.05) is 12.1 Å². The van der Waals surface area contributed by atoms with Crippen LogP contribution in [0.25, 0.3) is 0 Å². The average molecular weight is 382 g/mol. The van der Waals surface area contributed by atoms with E-state index in [2.05, 4.69) is 22.0 Å². The summed E-state index contributed by atoms with van der Waals surface area (Å²) in [7, 11) is 3.34. The Morgan fingerprint density at radius 1 is 1.14 bits per heavy atom. The second-order valence-corrected chi connectivity index (χ2v) is 7.41. The molecule has 148 valence electrons. The molecule has 2 aromatic rings. The van der Waals surface area contributed by atoms with E-state index in [9.17, 15) is 4.79 Å². The molecule has 1 spiro atoms. The fraction of sp³-hybridized carbons (Fsp3) is 0.455. The van der Waals surface area contributed by atoms with Crippen LogP contribution < -0.4 is 14.4 Å². The molecular formula is C22H26N2O4. The van der Waals surface area contributed by atoms with E-state index in [0.717, 1.165) is 49.7 Å². The van der Waals surface area contributed by atoms with E-state index in [1.165, 1.54) is 11.1 Å². The summed E-state index contributed by atoms with van der Waals surface area (Å²) in [6, 6.07) is 7.95. The van der Waals surface area contributed by atoms with Crippen molar-refractivity contribution in [2.45, 2.75) is 31.8 Å². The normalized spacial score (nSPS) is 17.9. The van der Waals surface area contributed by atoms with Gasteiger partial charge in [-0.05, 0) is 61.6 Å². The summed E-state index contributed by atoms with van der Waals surface area (Å²) in [5.74, 6) is 2.46. The third-order valence-corrected chi connectivity index (χ3v) is 5.90. The van der Waals surface area contributed by atoms with E-state index in [1.54, 1.807) is 27.3 Å². The molecule has 0 amide bonds. The highest BCUT2D eigenvalue weighted by Crippen LogP contribution is 2.45. The minimum Gasteiger partial charge on any atom is -0.493 e. The number of hydrogen-bond donors (Lipinski definition) is 0. The van der Waals surface area contributed by atoms with Crippen molar-refractivity contribution in [3.05, 3.63) is 47.2 Å². The minimum atomic E-state index is -0.289. The Labute approximate surface area is 165 Å². The number of aromatic nitrogens is 1. The lowest BCUT2D eigenvalue weighted by Crippen LogP contribution is -2.47. The lowest BCUT2D eigenvalue weighted by Gasteiger charge is -2.45. The molecule has 6 heteroatoms. The second kappa shape index (κ2) is 7.43. The summed E-state index contributed by atoms with van der Waals surface area (Å²) in [4.78, 5) is 18.2. The number of ether oxygens (including phenoxy) is 3. The second-order valence-electron chi connectivity index (χ2n) is 7.41. The summed E-state index contributed by atoms with van der Waals surface area (Å²) in [6.45, 7) is 3.97. The maximum atomic E-state index is 11.5. The fourth-order valence-corrected chi connectivity index (χ4v) is 4.28. The number of rotatable bonds is 4. The zero-order valence-corrected chi connectivity index (χ0v) is 16.7. The van der Waals surface area contributed by atoms with Crippen LogP contribution in [0.3, 0.4) is 0 Å². The molecule has 0 bridgehead atoms. The fourth-order valence-electron chi connectivity index (χ4n) is 4.28. The molecule has 1 fully saturated rings. The molecule has 1 aromatic carbocycles. The van der Waals surface area contributed by atoms with Crippen LogP contribution in [-0.2, 0) is 16.8 Å². The molecule has 3 heterocycles. The number of anilines is 1. The number of methoxy groups -OCH3 is 2. The molecule has 0 unspecified atom stereocenters. The predicted octanol–water partition coefficient (Wildman–Crippen LogP) is 3.37. The molecule has 28 heavy (non-hydrogen) atoms. The van der Waals surface area contributed by atoms with Crippen LogP contribution in [0.1, 0.15) is 41.3 Å². The maximum Gasteiger partial charge on any atom is 0.161 e. The first-order chi connectivity index (χ1) is 13.6. The molecule has 6 nitrogen and oxygen atoms in total. The Hall–Kier alpha value is -2.60. The van der Waals surface area contributed by atoms with Crippen LogP contribution in [0, 0.1) is 0 Å². The Kier molecular flexibility index (Phi) is 4.98. The molecule has 0 aliphatic carbocycles. The van der Waals surface area contributed by atoms with Crippen molar-refractivity contribution in [3.8, 4) is 11.5 Å². The number of ketones is 1. The summed E-state index contributed by atoms with van der Waals surface area (Å²) >= 11 is 0. The summed E-state index contributed by atoms with van der Waals surface area (Å²) < 4.78 is 17.4. The van der Waals surface area contributed by atoms with Crippen molar-refractivity contribution >= 4 is 11.6 Å². The Morgan fingerprint density at radius 2 is 1.86 bits per heavy atom. The quantitative estimate of drug-likeness (QED) is 0.756. The predicted molar refractivity (Wildman–Crippen MR) is 107 cm³/mol. The third-order valence-electron chi connectivity index (χ3n) is 5.90. The summed E-state index contributed by atoms with van der Waals surface area (Å²) in [5, 5.41) is 0. The number of fused-ring (bicyclic) bond motifs is 2. The molecule has 1 saturated heterocycles. The first-order valence-corrected chi connectivity index (χ1v) is 9.67. The zero-order valence-electron chi connectivity index (χ0n) is 16.7. The minimum absolute atomic E-state index is 0.0354. The molecule has 0 radical (unpaired) electrons. The Bertz CT molecular complexity index is 871. The maximum absolute atomic E-state index is 11.5. The zero-order chi connectivity index (χ0) is 19.7. The Morgan fingerprint density at radius 3 is 2.46 bits per heavy atom. The molecular weight excluding hydrogens is 356 g/mol. The standard InChI is InChI=1S/C22H26N2O4/c1-15(25)17-4-5-21(23-14-17)24-9-7-22(8-10-24)18-13-20(27-3)19(26-2)12-16(18)6-11-28-22/h4-5,12-14H,6-11H2,1-3H3. The van der Waals surface area contributed by atoms with Crippen LogP contribution in [-0.4, -0.2) is 44.7 Å². The SMILES string of the molecule is COc1cc2c(cc1OC)C1(CCN(c3ccc(C(C)=O)cn3)CC1)OCC2. The number of piperidine rings is 1. The number of benzene rings is 1. The molecule has 0 N–H and O–H groups in total. The number of carbonyl (C=O) groups excluding carboxylic acids is 1. The molecule has 2 aliphatic rings. The number of Topliss-reactive ketones (excluding diaryl/α,β-unsaturated/α-hetero) is 1. The van der Waals surface area contributed by atoms with E-state index < -0.39 is 0 Å². The van der Waals surface area contributed by atoms with Crippen molar-refractivity contribution in [1.29, 1.82) is 0 Å². The van der Waals surface area contributed by atoms with E-state index in [0.29, 0.717) is 12.2 Å². The summed E-state index contributed by atoms with van der Waals surface area (Å²) in [5.41, 5.74) is 2.85. The smallest absolute Gasteiger partial charge is 0.161 e. The van der Waals surface area contributed by atoms with Crippen molar-refractivity contribution in [1.82, 2.24) is 4.98 Å². The van der Waals surface area contributed by atoms with E-state index >= 15 is 0 Å². The molecule has 0 saturated carbocycles. The van der Waals surface area contributed by atoms with Gasteiger partial charge in [-0.1, -0.05) is 0 Å². The molecule has 4 rings (SSSR count). The van der Waals surface area contributed by atoms with Crippen LogP contribution in [0.15, 0.2) is 30.5 Å². The number of hydrogen-bond acceptors (Lipinski definition) is 6. The molecule has 2 aliphatic heterocycles. The Balaban J connectivity index is 1.57. The monoisotopic (exact) mass is 382 g/mol. The van der Waals surface area contributed by atoms with Crippen molar-refractivity contribution < 1.29 is 19.0 Å². The number of carbonyl (C=O) groups is 1. The van der Waals surface area contributed by atoms with E-state index in [4.69, 9.17) is 14.2 Å². The largest absolute Gasteiger partial charge is 0.493 e. The van der Waals surface area contributed by atoms with Crippen LogP contribution in [0.5, 0.6) is 11.5 Å². The van der Waals surface area contributed by atoms with Gasteiger partial charge in [-0.2, -0.15) is 0 Å². The third kappa shape index (κ3) is 3.22. The lowest BCUT2D eigenvalue weighted by atomic mass is 9.79. The van der Waals surface area contributed by atoms with Gasteiger partial charge in [-0.25, -0.2) is 4.98 Å². The van der Waals surface area contributed by atoms with Gasteiger partial charge in [0.05, 0.1) is 26.4 Å². The van der Waals surface area contributed by atoms with Gasteiger partial charge in [0.15, 0.2) is 17.3 Å². The van der Waals surface area contributed by atoms with Gasteiger partial charge < -0.3 is 19.1 Å². The van der Waals surface area contributed by atoms with Gasteiger partial charge in [-0.3, -0.25) is 4.79 Å². The van der Waals surface area contributed by atoms with Gasteiger partial charge in [0.25, 0.3) is 0 Å². The highest BCUT2D eigenvalue weighted by molar-refractivity contribution is 5.93. The molecule has 0 atom stereocenters. The van der Waals surface area contributed by atoms with Crippen LogP contribution in [0.4, 0.5) is 5.82 Å². The summed E-state index contributed by atoms with van der Waals surface area (Å²) in [6.07, 6.45) is 4.30. The van der Waals surface area contributed by atoms with E-state index in [-0.39, 0.29) is 11.4 Å². The van der Waals surface area contributed by atoms with Crippen LogP contribution in [0.2, 0.25) is 0 Å². The van der Waals surface area contributed by atoms with Crippen molar-refractivity contribution in [2.75, 3.05) is 38.8 Å². The first-order valence-electron chi connectivity index (χ1n) is 9.67. The van der Waals surface area contributed by atoms with Crippen LogP contribution >= 0.6 is 0 Å². The van der Waals surface area contributed by atoms with Crippen molar-refractivity contribution in [3.63, 3.8) is 0 Å². The van der Waals surface area contributed by atoms with Gasteiger partial charge >= 0.3 is 0 Å². The highest BCUT2D eigenvalue weighted by atomic mass is 16.5.